The van der Waals surface area contributed by atoms with E-state index in [0.717, 1.165) is 6.26 Å². The molecule has 0 unspecified atom stereocenters. The van der Waals surface area contributed by atoms with Gasteiger partial charge in [0.1, 0.15) is 28.5 Å². The minimum atomic E-state index is -3.64. The Balaban J connectivity index is 2.36. The van der Waals surface area contributed by atoms with Crippen molar-refractivity contribution >= 4 is 22.2 Å². The smallest absolute Gasteiger partial charge is 0.408 e. The van der Waals surface area contributed by atoms with Crippen LogP contribution < -0.4 is 5.32 Å². The minimum absolute atomic E-state index is 0.413. The van der Waals surface area contributed by atoms with Crippen LogP contribution in [0.5, 0.6) is 0 Å². The van der Waals surface area contributed by atoms with E-state index in [1.807, 2.05) is 0 Å². The van der Waals surface area contributed by atoms with Crippen molar-refractivity contribution in [2.45, 2.75) is 43.1 Å². The molecule has 2 rings (SSSR count). The van der Waals surface area contributed by atoms with Crippen molar-refractivity contribution in [3.05, 3.63) is 35.6 Å². The molecule has 132 valence electrons. The van der Waals surface area contributed by atoms with E-state index in [1.165, 1.54) is 24.3 Å². The molecule has 3 atom stereocenters. The fourth-order valence-corrected chi connectivity index (χ4v) is 4.66. The minimum Gasteiger partial charge on any atom is -0.444 e. The largest absolute Gasteiger partial charge is 0.444 e. The summed E-state index contributed by atoms with van der Waals surface area (Å²) in [7, 11) is -3.64. The number of sulfone groups is 1. The van der Waals surface area contributed by atoms with Crippen LogP contribution in [-0.2, 0) is 19.4 Å². The summed E-state index contributed by atoms with van der Waals surface area (Å²) in [5, 5.41) is 1.27. The van der Waals surface area contributed by atoms with Gasteiger partial charge in [-0.05, 0) is 38.5 Å². The second-order valence-corrected chi connectivity index (χ2v) is 9.12. The maximum Gasteiger partial charge on any atom is 0.408 e. The molecule has 0 bridgehead atoms. The van der Waals surface area contributed by atoms with Crippen LogP contribution in [-0.4, -0.2) is 43.4 Å². The zero-order chi connectivity index (χ0) is 18.3. The van der Waals surface area contributed by atoms with Crippen molar-refractivity contribution in [2.24, 2.45) is 0 Å². The highest BCUT2D eigenvalue weighted by Crippen LogP contribution is 2.54. The molecule has 1 N–H and O–H groups in total. The molecule has 1 aromatic carbocycles. The van der Waals surface area contributed by atoms with E-state index in [1.54, 1.807) is 20.8 Å². The first-order valence-electron chi connectivity index (χ1n) is 7.32. The van der Waals surface area contributed by atoms with E-state index in [4.69, 9.17) is 4.74 Å². The Labute approximate surface area is 140 Å². The zero-order valence-electron chi connectivity index (χ0n) is 13.9. The van der Waals surface area contributed by atoms with Crippen LogP contribution in [0, 0.1) is 5.82 Å². The number of aldehydes is 1. The SMILES string of the molecule is CC(C)(C)OC(=O)N[C@]1(C=O)[C@H](c2ccc(F)cc2)[C@@H]1S(C)(=O)=O. The summed E-state index contributed by atoms with van der Waals surface area (Å²) in [6.45, 7) is 4.95. The summed E-state index contributed by atoms with van der Waals surface area (Å²) in [5.74, 6) is -1.27. The van der Waals surface area contributed by atoms with Crippen LogP contribution in [0.25, 0.3) is 0 Å². The van der Waals surface area contributed by atoms with Crippen molar-refractivity contribution in [2.75, 3.05) is 6.26 Å². The molecule has 0 radical (unpaired) electrons. The highest BCUT2D eigenvalue weighted by molar-refractivity contribution is 7.91. The molecule has 0 saturated heterocycles. The van der Waals surface area contributed by atoms with Crippen LogP contribution in [0.15, 0.2) is 24.3 Å². The third kappa shape index (κ3) is 3.58. The van der Waals surface area contributed by atoms with Gasteiger partial charge in [-0.25, -0.2) is 17.6 Å². The number of carbonyl (C=O) groups excluding carboxylic acids is 2. The summed E-state index contributed by atoms with van der Waals surface area (Å²) in [4.78, 5) is 23.7. The Morgan fingerprint density at radius 2 is 1.83 bits per heavy atom. The monoisotopic (exact) mass is 357 g/mol. The van der Waals surface area contributed by atoms with Gasteiger partial charge in [0.2, 0.25) is 0 Å². The fourth-order valence-electron chi connectivity index (χ4n) is 2.90. The Bertz CT molecular complexity index is 754. The maximum absolute atomic E-state index is 13.1. The van der Waals surface area contributed by atoms with Crippen molar-refractivity contribution in [3.63, 3.8) is 0 Å². The summed E-state index contributed by atoms with van der Waals surface area (Å²) < 4.78 is 42.3. The number of nitrogens with one attached hydrogen (secondary N) is 1. The van der Waals surface area contributed by atoms with E-state index in [9.17, 15) is 22.4 Å². The molecule has 0 aromatic heterocycles. The van der Waals surface area contributed by atoms with Gasteiger partial charge in [-0.1, -0.05) is 12.1 Å². The first-order valence-corrected chi connectivity index (χ1v) is 9.28. The van der Waals surface area contributed by atoms with Crippen LogP contribution in [0.1, 0.15) is 32.3 Å². The van der Waals surface area contributed by atoms with Gasteiger partial charge in [0, 0.05) is 12.2 Å². The lowest BCUT2D eigenvalue weighted by Gasteiger charge is -2.22. The lowest BCUT2D eigenvalue weighted by Crippen LogP contribution is -2.45. The van der Waals surface area contributed by atoms with E-state index in [0.29, 0.717) is 11.8 Å². The summed E-state index contributed by atoms with van der Waals surface area (Å²) in [5.41, 5.74) is -1.96. The Kier molecular flexibility index (Phi) is 4.47. The Hall–Kier alpha value is -1.96. The lowest BCUT2D eigenvalue weighted by atomic mass is 10.1. The predicted molar refractivity (Wildman–Crippen MR) is 85.9 cm³/mol. The average Bonchev–Trinajstić information content (AvgIpc) is 3.06. The average molecular weight is 357 g/mol. The molecule has 24 heavy (non-hydrogen) atoms. The number of rotatable bonds is 4. The molecule has 1 amide bonds. The molecular formula is C16H20FNO5S. The number of amides is 1. The molecular weight excluding hydrogens is 337 g/mol. The second kappa shape index (κ2) is 5.84. The molecule has 1 fully saturated rings. The van der Waals surface area contributed by atoms with Gasteiger partial charge in [0.15, 0.2) is 9.84 Å². The maximum atomic E-state index is 13.1. The van der Waals surface area contributed by atoms with Crippen molar-refractivity contribution < 1.29 is 27.1 Å². The topological polar surface area (TPSA) is 89.5 Å². The van der Waals surface area contributed by atoms with Gasteiger partial charge in [0.05, 0.1) is 0 Å². The number of benzene rings is 1. The first kappa shape index (κ1) is 18.4. The summed E-state index contributed by atoms with van der Waals surface area (Å²) >= 11 is 0. The molecule has 1 aliphatic carbocycles. The van der Waals surface area contributed by atoms with E-state index < -0.39 is 44.1 Å². The Morgan fingerprint density at radius 1 is 1.29 bits per heavy atom. The zero-order valence-corrected chi connectivity index (χ0v) is 14.7. The predicted octanol–water partition coefficient (Wildman–Crippen LogP) is 1.80. The van der Waals surface area contributed by atoms with E-state index in [2.05, 4.69) is 5.32 Å². The van der Waals surface area contributed by atoms with Gasteiger partial charge < -0.3 is 14.8 Å². The number of carbonyl (C=O) groups is 2. The highest BCUT2D eigenvalue weighted by Gasteiger charge is 2.71. The van der Waals surface area contributed by atoms with Crippen molar-refractivity contribution in [1.29, 1.82) is 0 Å². The van der Waals surface area contributed by atoms with Crippen LogP contribution in [0.4, 0.5) is 9.18 Å². The van der Waals surface area contributed by atoms with Crippen LogP contribution in [0.2, 0.25) is 0 Å². The highest BCUT2D eigenvalue weighted by atomic mass is 32.2. The molecule has 1 saturated carbocycles. The molecule has 1 aliphatic rings. The van der Waals surface area contributed by atoms with E-state index >= 15 is 0 Å². The molecule has 0 heterocycles. The molecule has 6 nitrogen and oxygen atoms in total. The molecule has 8 heteroatoms. The van der Waals surface area contributed by atoms with E-state index in [-0.39, 0.29) is 0 Å². The van der Waals surface area contributed by atoms with Gasteiger partial charge in [0.25, 0.3) is 0 Å². The summed E-state index contributed by atoms with van der Waals surface area (Å²) in [6.07, 6.45) is 0.528. The molecule has 0 spiro atoms. The first-order chi connectivity index (χ1) is 10.9. The number of hydrogen-bond donors (Lipinski definition) is 1. The van der Waals surface area contributed by atoms with Gasteiger partial charge >= 0.3 is 6.09 Å². The summed E-state index contributed by atoms with van der Waals surface area (Å²) in [6, 6.07) is 5.16. The van der Waals surface area contributed by atoms with Crippen LogP contribution >= 0.6 is 0 Å². The fraction of sp³-hybridized carbons (Fsp3) is 0.500. The third-order valence-corrected chi connectivity index (χ3v) is 5.37. The number of halogens is 1. The quantitative estimate of drug-likeness (QED) is 0.830. The Morgan fingerprint density at radius 3 is 2.25 bits per heavy atom. The second-order valence-electron chi connectivity index (χ2n) is 6.96. The third-order valence-electron chi connectivity index (χ3n) is 3.78. The molecule has 0 aliphatic heterocycles. The van der Waals surface area contributed by atoms with Gasteiger partial charge in [-0.15, -0.1) is 0 Å². The number of alkyl carbamates (subject to hydrolysis) is 1. The van der Waals surface area contributed by atoms with Crippen LogP contribution in [0.3, 0.4) is 0 Å². The van der Waals surface area contributed by atoms with Crippen molar-refractivity contribution in [3.8, 4) is 0 Å². The van der Waals surface area contributed by atoms with Gasteiger partial charge in [-0.2, -0.15) is 0 Å². The molecule has 1 aromatic rings. The number of ether oxygens (including phenoxy) is 1. The normalized spacial score (nSPS) is 26.5. The van der Waals surface area contributed by atoms with Crippen molar-refractivity contribution in [1.82, 2.24) is 5.32 Å². The lowest BCUT2D eigenvalue weighted by molar-refractivity contribution is -0.110. The number of hydrogen-bond acceptors (Lipinski definition) is 5. The van der Waals surface area contributed by atoms with Gasteiger partial charge in [-0.3, -0.25) is 0 Å². The standard InChI is InChI=1S/C16H20FNO5S/c1-15(2,3)23-14(20)18-16(9-19)12(13(16)24(4,21)22)10-5-7-11(17)8-6-10/h5-9,12-13H,1-4H3,(H,18,20)/t12-,13+,16-/m1/s1.